The van der Waals surface area contributed by atoms with Crippen LogP contribution < -0.4 is 10.6 Å². The largest absolute Gasteiger partial charge is 0.415 e. The summed E-state index contributed by atoms with van der Waals surface area (Å²) >= 11 is 0. The van der Waals surface area contributed by atoms with Gasteiger partial charge in [-0.05, 0) is 12.5 Å². The normalized spacial score (nSPS) is 10.4. The molecule has 0 spiro atoms. The van der Waals surface area contributed by atoms with Gasteiger partial charge in [-0.3, -0.25) is 14.4 Å². The fourth-order valence-corrected chi connectivity index (χ4v) is 2.27. The molecule has 4 N–H and O–H groups in total. The number of nitrogens with zero attached hydrogens (tertiary/aromatic N) is 1. The molecule has 0 fully saturated rings. The van der Waals surface area contributed by atoms with E-state index in [2.05, 4.69) is 17.6 Å². The summed E-state index contributed by atoms with van der Waals surface area (Å²) in [6, 6.07) is 4.09. The number of aldehydes is 2. The second-order valence-electron chi connectivity index (χ2n) is 5.15. The van der Waals surface area contributed by atoms with Crippen molar-refractivity contribution in [3.8, 4) is 0 Å². The summed E-state index contributed by atoms with van der Waals surface area (Å²) in [5.74, 6) is -0.682. The molecule has 1 rings (SSSR count). The van der Waals surface area contributed by atoms with Crippen molar-refractivity contribution >= 4 is 30.1 Å². The molecule has 1 aromatic carbocycles. The number of rotatable bonds is 9. The van der Waals surface area contributed by atoms with Gasteiger partial charge in [0.2, 0.25) is 5.91 Å². The van der Waals surface area contributed by atoms with Gasteiger partial charge in [0.25, 0.3) is 5.91 Å². The van der Waals surface area contributed by atoms with Gasteiger partial charge in [-0.15, -0.1) is 6.54 Å². The van der Waals surface area contributed by atoms with E-state index in [1.165, 1.54) is 25.1 Å². The number of carbonyl (C=O) groups excluding carboxylic acids is 4. The maximum atomic E-state index is 12.8. The molecule has 0 aliphatic rings. The Morgan fingerprint density at radius 2 is 1.96 bits per heavy atom. The minimum absolute atomic E-state index is 0. The predicted octanol–water partition coefficient (Wildman–Crippen LogP) is 0.0836. The molecular weight excluding hydrogens is 510 g/mol. The number of carbonyl (C=O) groups is 4. The summed E-state index contributed by atoms with van der Waals surface area (Å²) < 4.78 is 0. The molecule has 9 heteroatoms. The number of hydrogen-bond donors (Lipinski definition) is 2. The SMILES string of the molecule is O.[CH2-]CNc1cccc(C=O)c1C(=O)N(C)C(C=O)CCC(=O)NC.[W]. The third-order valence-electron chi connectivity index (χ3n) is 3.67. The molecule has 0 aliphatic heterocycles. The van der Waals surface area contributed by atoms with Gasteiger partial charge in [0.05, 0.1) is 11.6 Å². The van der Waals surface area contributed by atoms with E-state index in [9.17, 15) is 19.2 Å². The Balaban J connectivity index is 0. The molecule has 0 radical (unpaired) electrons. The first-order chi connectivity index (χ1) is 11.5. The fourth-order valence-electron chi connectivity index (χ4n) is 2.27. The molecule has 1 unspecified atom stereocenters. The number of likely N-dealkylation sites (N-methyl/N-ethyl adjacent to an activating group) is 1. The molecule has 144 valence electrons. The van der Waals surface area contributed by atoms with Crippen LogP contribution in [0.2, 0.25) is 0 Å². The smallest absolute Gasteiger partial charge is 0.257 e. The molecule has 0 bridgehead atoms. The molecule has 0 aliphatic carbocycles. The third-order valence-corrected chi connectivity index (χ3v) is 3.67. The van der Waals surface area contributed by atoms with E-state index >= 15 is 0 Å². The Kier molecular flexibility index (Phi) is 13.3. The van der Waals surface area contributed by atoms with Crippen molar-refractivity contribution in [1.82, 2.24) is 10.2 Å². The van der Waals surface area contributed by atoms with Gasteiger partial charge in [-0.1, -0.05) is 12.1 Å². The summed E-state index contributed by atoms with van der Waals surface area (Å²) in [6.07, 6.45) is 1.54. The topological polar surface area (TPSA) is 127 Å². The minimum Gasteiger partial charge on any atom is -0.415 e. The molecular formula is C17H24N3O5W-. The Hall–Kier alpha value is -2.05. The molecule has 0 aromatic heterocycles. The van der Waals surface area contributed by atoms with Crippen molar-refractivity contribution in [2.45, 2.75) is 18.9 Å². The molecule has 0 saturated heterocycles. The summed E-state index contributed by atoms with van der Waals surface area (Å²) in [4.78, 5) is 48.0. The molecule has 8 nitrogen and oxygen atoms in total. The van der Waals surface area contributed by atoms with E-state index in [0.29, 0.717) is 24.8 Å². The number of nitrogens with one attached hydrogen (secondary N) is 2. The molecule has 1 aromatic rings. The average Bonchev–Trinajstić information content (AvgIpc) is 2.61. The first-order valence-electron chi connectivity index (χ1n) is 7.54. The van der Waals surface area contributed by atoms with Crippen molar-refractivity contribution < 1.29 is 45.7 Å². The van der Waals surface area contributed by atoms with Crippen LogP contribution in [0.1, 0.15) is 33.6 Å². The van der Waals surface area contributed by atoms with Crippen molar-refractivity contribution in [3.63, 3.8) is 0 Å². The number of benzene rings is 1. The van der Waals surface area contributed by atoms with Crippen LogP contribution in [0.5, 0.6) is 0 Å². The Bertz CT molecular complexity index is 624. The predicted molar refractivity (Wildman–Crippen MR) is 94.5 cm³/mol. The Labute approximate surface area is 167 Å². The van der Waals surface area contributed by atoms with Gasteiger partial charge < -0.3 is 32.7 Å². The maximum absolute atomic E-state index is 12.8. The maximum Gasteiger partial charge on any atom is 0.257 e. The molecule has 26 heavy (non-hydrogen) atoms. The van der Waals surface area contributed by atoms with Crippen LogP contribution in [0.25, 0.3) is 0 Å². The van der Waals surface area contributed by atoms with E-state index in [0.717, 1.165) is 0 Å². The number of amides is 2. The molecule has 2 amide bonds. The van der Waals surface area contributed by atoms with Gasteiger partial charge in [0.1, 0.15) is 6.29 Å². The van der Waals surface area contributed by atoms with Crippen LogP contribution >= 0.6 is 0 Å². The van der Waals surface area contributed by atoms with Crippen molar-refractivity contribution in [2.24, 2.45) is 0 Å². The average molecular weight is 534 g/mol. The van der Waals surface area contributed by atoms with Crippen LogP contribution in [0.15, 0.2) is 18.2 Å². The van der Waals surface area contributed by atoms with Gasteiger partial charge in [0, 0.05) is 52.8 Å². The van der Waals surface area contributed by atoms with Crippen LogP contribution in [0, 0.1) is 6.92 Å². The van der Waals surface area contributed by atoms with E-state index in [1.54, 1.807) is 12.1 Å². The van der Waals surface area contributed by atoms with Crippen LogP contribution in [-0.4, -0.2) is 61.4 Å². The number of anilines is 1. The molecule has 1 atom stereocenters. The Morgan fingerprint density at radius 1 is 1.31 bits per heavy atom. The minimum atomic E-state index is -0.762. The standard InChI is InChI=1S/C17H22N3O4.H2O.W/c1-4-19-14-7-5-6-12(10-21)16(14)17(24)20(3)13(11-22)8-9-15(23)18-2;;/h5-7,10-11,13,19H,1,4,8-9H2,2-3H3,(H,18,23);1H2;/q-1;;. The zero-order valence-electron chi connectivity index (χ0n) is 14.8. The van der Waals surface area contributed by atoms with Crippen LogP contribution in [-0.2, 0) is 30.7 Å². The summed E-state index contributed by atoms with van der Waals surface area (Å²) in [5, 5.41) is 5.40. The quantitative estimate of drug-likeness (QED) is 0.343. The summed E-state index contributed by atoms with van der Waals surface area (Å²) in [6.45, 7) is 4.00. The van der Waals surface area contributed by atoms with Crippen molar-refractivity contribution in [3.05, 3.63) is 36.2 Å². The van der Waals surface area contributed by atoms with Crippen LogP contribution in [0.4, 0.5) is 5.69 Å². The van der Waals surface area contributed by atoms with Crippen molar-refractivity contribution in [1.29, 1.82) is 0 Å². The van der Waals surface area contributed by atoms with Crippen LogP contribution in [0.3, 0.4) is 0 Å². The van der Waals surface area contributed by atoms with Gasteiger partial charge >= 0.3 is 0 Å². The van der Waals surface area contributed by atoms with Gasteiger partial charge in [-0.2, -0.15) is 0 Å². The monoisotopic (exact) mass is 534 g/mol. The first kappa shape index (κ1) is 26.2. The Morgan fingerprint density at radius 3 is 2.46 bits per heavy atom. The summed E-state index contributed by atoms with van der Waals surface area (Å²) in [5.41, 5.74) is 0.883. The second kappa shape index (κ2) is 13.2. The van der Waals surface area contributed by atoms with E-state index in [-0.39, 0.29) is 56.4 Å². The van der Waals surface area contributed by atoms with E-state index in [1.807, 2.05) is 0 Å². The molecule has 0 heterocycles. The third kappa shape index (κ3) is 6.69. The number of hydrogen-bond acceptors (Lipinski definition) is 5. The van der Waals surface area contributed by atoms with Crippen molar-refractivity contribution in [2.75, 3.05) is 26.0 Å². The second-order valence-corrected chi connectivity index (χ2v) is 5.15. The zero-order chi connectivity index (χ0) is 18.1. The van der Waals surface area contributed by atoms with E-state index in [4.69, 9.17) is 0 Å². The molecule has 0 saturated carbocycles. The van der Waals surface area contributed by atoms with E-state index < -0.39 is 11.9 Å². The zero-order valence-corrected chi connectivity index (χ0v) is 17.7. The first-order valence-corrected chi connectivity index (χ1v) is 7.54. The van der Waals surface area contributed by atoms with Gasteiger partial charge in [0.15, 0.2) is 6.29 Å². The van der Waals surface area contributed by atoms with Gasteiger partial charge in [-0.25, -0.2) is 0 Å². The summed E-state index contributed by atoms with van der Waals surface area (Å²) in [7, 11) is 2.98. The fraction of sp³-hybridized carbons (Fsp3) is 0.353.